The topological polar surface area (TPSA) is 63.0 Å². The molecule has 7 nitrogen and oxygen atoms in total. The molecule has 0 spiro atoms. The van der Waals surface area contributed by atoms with E-state index in [1.165, 1.54) is 57.3 Å². The first-order valence-corrected chi connectivity index (χ1v) is 10.5. The molecule has 3 aliphatic rings. The predicted octanol–water partition coefficient (Wildman–Crippen LogP) is 2.46. The lowest BCUT2D eigenvalue weighted by molar-refractivity contribution is 0.317. The summed E-state index contributed by atoms with van der Waals surface area (Å²) in [5, 5.41) is 9.12. The molecular formula is C20H29N7. The molecule has 2 aromatic rings. The zero-order chi connectivity index (χ0) is 18.2. The molecule has 2 aliphatic heterocycles. The van der Waals surface area contributed by atoms with Gasteiger partial charge in [0.1, 0.15) is 23.8 Å². The monoisotopic (exact) mass is 367 g/mol. The summed E-state index contributed by atoms with van der Waals surface area (Å²) in [7, 11) is 2.13. The Labute approximate surface area is 160 Å². The van der Waals surface area contributed by atoms with E-state index in [0.717, 1.165) is 37.1 Å². The lowest BCUT2D eigenvalue weighted by atomic mass is 9.97. The van der Waals surface area contributed by atoms with Gasteiger partial charge in [-0.3, -0.25) is 4.90 Å². The zero-order valence-electron chi connectivity index (χ0n) is 16.2. The lowest BCUT2D eigenvalue weighted by Crippen LogP contribution is -2.36. The van der Waals surface area contributed by atoms with E-state index in [-0.39, 0.29) is 0 Å². The van der Waals surface area contributed by atoms with Crippen molar-refractivity contribution in [3.63, 3.8) is 0 Å². The molecule has 1 aliphatic carbocycles. The van der Waals surface area contributed by atoms with Gasteiger partial charge in [0.05, 0.1) is 6.54 Å². The van der Waals surface area contributed by atoms with Crippen LogP contribution in [0.2, 0.25) is 0 Å². The fraction of sp³-hybridized carbons (Fsp3) is 0.700. The van der Waals surface area contributed by atoms with Crippen molar-refractivity contribution in [1.82, 2.24) is 29.6 Å². The second kappa shape index (κ2) is 7.19. The number of aromatic nitrogens is 5. The highest BCUT2D eigenvalue weighted by Crippen LogP contribution is 2.40. The summed E-state index contributed by atoms with van der Waals surface area (Å²) in [6, 6.07) is 2.20. The number of anilines is 1. The van der Waals surface area contributed by atoms with Gasteiger partial charge in [-0.1, -0.05) is 0 Å². The van der Waals surface area contributed by atoms with Gasteiger partial charge in [0, 0.05) is 43.7 Å². The number of rotatable bonds is 5. The Morgan fingerprint density at radius 3 is 2.63 bits per heavy atom. The maximum atomic E-state index is 4.59. The minimum atomic E-state index is 0.419. The number of nitrogens with zero attached hydrogens (tertiary/aromatic N) is 7. The van der Waals surface area contributed by atoms with Crippen LogP contribution in [0.3, 0.4) is 0 Å². The highest BCUT2D eigenvalue weighted by molar-refractivity contribution is 5.41. The van der Waals surface area contributed by atoms with Crippen LogP contribution in [0.1, 0.15) is 67.7 Å². The smallest absolute Gasteiger partial charge is 0.146 e. The third kappa shape index (κ3) is 3.57. The van der Waals surface area contributed by atoms with Crippen LogP contribution in [0.5, 0.6) is 0 Å². The highest BCUT2D eigenvalue weighted by atomic mass is 15.3. The molecule has 0 N–H and O–H groups in total. The lowest BCUT2D eigenvalue weighted by Gasteiger charge is -2.33. The average Bonchev–Trinajstić information content (AvgIpc) is 3.33. The van der Waals surface area contributed by atoms with Gasteiger partial charge in [-0.2, -0.15) is 0 Å². The molecule has 2 aromatic heterocycles. The van der Waals surface area contributed by atoms with Crippen LogP contribution in [-0.2, 0) is 13.6 Å². The second-order valence-corrected chi connectivity index (χ2v) is 8.38. The van der Waals surface area contributed by atoms with Crippen LogP contribution in [0, 0.1) is 0 Å². The van der Waals surface area contributed by atoms with Gasteiger partial charge in [-0.25, -0.2) is 9.97 Å². The Hall–Kier alpha value is -2.02. The van der Waals surface area contributed by atoms with E-state index in [1.807, 2.05) is 0 Å². The van der Waals surface area contributed by atoms with Crippen molar-refractivity contribution < 1.29 is 0 Å². The summed E-state index contributed by atoms with van der Waals surface area (Å²) in [4.78, 5) is 13.9. The quantitative estimate of drug-likeness (QED) is 0.809. The normalized spacial score (nSPS) is 23.9. The Bertz CT molecular complexity index is 791. The largest absolute Gasteiger partial charge is 0.356 e. The average molecular weight is 368 g/mol. The second-order valence-electron chi connectivity index (χ2n) is 8.38. The SMILES string of the molecule is Cn1c(CN2CCCC2)nnc1[C@H]1CCCN(c2cc(C3CC3)ncn2)C1. The zero-order valence-corrected chi connectivity index (χ0v) is 16.2. The van der Waals surface area contributed by atoms with Gasteiger partial charge in [-0.15, -0.1) is 10.2 Å². The molecule has 144 valence electrons. The van der Waals surface area contributed by atoms with Gasteiger partial charge in [0.15, 0.2) is 0 Å². The molecule has 27 heavy (non-hydrogen) atoms. The van der Waals surface area contributed by atoms with Crippen LogP contribution >= 0.6 is 0 Å². The molecule has 5 rings (SSSR count). The summed E-state index contributed by atoms with van der Waals surface area (Å²) in [5.41, 5.74) is 1.22. The van der Waals surface area contributed by atoms with E-state index in [9.17, 15) is 0 Å². The highest BCUT2D eigenvalue weighted by Gasteiger charge is 2.29. The molecular weight excluding hydrogens is 338 g/mol. The summed E-state index contributed by atoms with van der Waals surface area (Å²) in [6.07, 6.45) is 9.25. The number of hydrogen-bond donors (Lipinski definition) is 0. The molecule has 0 unspecified atom stereocenters. The summed E-state index contributed by atoms with van der Waals surface area (Å²) in [6.45, 7) is 5.34. The molecule has 0 bridgehead atoms. The molecule has 2 saturated heterocycles. The number of piperidine rings is 1. The fourth-order valence-electron chi connectivity index (χ4n) is 4.54. The van der Waals surface area contributed by atoms with Crippen LogP contribution in [-0.4, -0.2) is 55.8 Å². The Morgan fingerprint density at radius 1 is 0.963 bits per heavy atom. The third-order valence-electron chi connectivity index (χ3n) is 6.34. The maximum Gasteiger partial charge on any atom is 0.146 e. The molecule has 1 atom stereocenters. The van der Waals surface area contributed by atoms with E-state index in [0.29, 0.717) is 11.8 Å². The Morgan fingerprint density at radius 2 is 1.81 bits per heavy atom. The van der Waals surface area contributed by atoms with Gasteiger partial charge in [-0.05, 0) is 51.6 Å². The van der Waals surface area contributed by atoms with E-state index in [2.05, 4.69) is 47.6 Å². The maximum absolute atomic E-state index is 4.59. The molecule has 1 saturated carbocycles. The van der Waals surface area contributed by atoms with E-state index >= 15 is 0 Å². The van der Waals surface area contributed by atoms with Gasteiger partial charge < -0.3 is 9.47 Å². The first kappa shape index (κ1) is 17.1. The van der Waals surface area contributed by atoms with Crippen molar-refractivity contribution in [1.29, 1.82) is 0 Å². The molecule has 0 amide bonds. The van der Waals surface area contributed by atoms with Gasteiger partial charge >= 0.3 is 0 Å². The van der Waals surface area contributed by atoms with Gasteiger partial charge in [0.25, 0.3) is 0 Å². The minimum absolute atomic E-state index is 0.419. The van der Waals surface area contributed by atoms with Crippen molar-refractivity contribution in [2.45, 2.75) is 56.9 Å². The Balaban J connectivity index is 1.31. The molecule has 7 heteroatoms. The van der Waals surface area contributed by atoms with Crippen molar-refractivity contribution in [3.05, 3.63) is 29.7 Å². The molecule has 4 heterocycles. The Kier molecular flexibility index (Phi) is 4.55. The van der Waals surface area contributed by atoms with E-state index in [1.54, 1.807) is 6.33 Å². The first-order chi connectivity index (χ1) is 13.3. The van der Waals surface area contributed by atoms with Crippen LogP contribution in [0.15, 0.2) is 12.4 Å². The standard InChI is InChI=1S/C20H29N7/c1-25-19(13-26-8-2-3-9-26)23-24-20(25)16-5-4-10-27(12-16)18-11-17(15-6-7-15)21-14-22-18/h11,14-16H,2-10,12-13H2,1H3/t16-/m0/s1. The van der Waals surface area contributed by atoms with Crippen molar-refractivity contribution in [2.75, 3.05) is 31.1 Å². The third-order valence-corrected chi connectivity index (χ3v) is 6.34. The summed E-state index contributed by atoms with van der Waals surface area (Å²) in [5.74, 6) is 4.39. The number of hydrogen-bond acceptors (Lipinski definition) is 6. The van der Waals surface area contributed by atoms with Crippen molar-refractivity contribution in [2.24, 2.45) is 7.05 Å². The minimum Gasteiger partial charge on any atom is -0.356 e. The van der Waals surface area contributed by atoms with Crippen LogP contribution in [0.25, 0.3) is 0 Å². The van der Waals surface area contributed by atoms with Gasteiger partial charge in [0.2, 0.25) is 0 Å². The van der Waals surface area contributed by atoms with Crippen molar-refractivity contribution in [3.8, 4) is 0 Å². The predicted molar refractivity (Wildman–Crippen MR) is 104 cm³/mol. The van der Waals surface area contributed by atoms with Crippen LogP contribution < -0.4 is 4.90 Å². The van der Waals surface area contributed by atoms with Crippen LogP contribution in [0.4, 0.5) is 5.82 Å². The van der Waals surface area contributed by atoms with Crippen molar-refractivity contribution >= 4 is 5.82 Å². The summed E-state index contributed by atoms with van der Waals surface area (Å²) >= 11 is 0. The number of likely N-dealkylation sites (tertiary alicyclic amines) is 1. The molecule has 3 fully saturated rings. The van der Waals surface area contributed by atoms with E-state index < -0.39 is 0 Å². The molecule has 0 aromatic carbocycles. The van der Waals surface area contributed by atoms with E-state index in [4.69, 9.17) is 0 Å². The first-order valence-electron chi connectivity index (χ1n) is 10.5. The fourth-order valence-corrected chi connectivity index (χ4v) is 4.54. The summed E-state index contributed by atoms with van der Waals surface area (Å²) < 4.78 is 2.24. The molecule has 0 radical (unpaired) electrons.